The molecule has 0 spiro atoms. The third kappa shape index (κ3) is 8.94. The summed E-state index contributed by atoms with van der Waals surface area (Å²) in [6, 6.07) is 17.0. The van der Waals surface area contributed by atoms with Gasteiger partial charge in [-0.2, -0.15) is 0 Å². The molecule has 3 rings (SSSR count). The van der Waals surface area contributed by atoms with Crippen molar-refractivity contribution in [1.82, 2.24) is 14.7 Å². The minimum absolute atomic E-state index is 0.0290. The molecule has 1 aliphatic rings. The van der Waals surface area contributed by atoms with E-state index in [9.17, 15) is 14.4 Å². The second kappa shape index (κ2) is 13.0. The molecule has 38 heavy (non-hydrogen) atoms. The Labute approximate surface area is 230 Å². The number of likely N-dealkylation sites (N-methyl/N-ethyl adjacent to an activating group) is 1. The van der Waals surface area contributed by atoms with Gasteiger partial charge in [0.05, 0.1) is 0 Å². The van der Waals surface area contributed by atoms with Crippen LogP contribution in [0, 0.1) is 5.92 Å². The van der Waals surface area contributed by atoms with Crippen molar-refractivity contribution in [2.45, 2.75) is 51.9 Å². The molecule has 0 unspecified atom stereocenters. The third-order valence-electron chi connectivity index (χ3n) is 6.30. The Kier molecular flexibility index (Phi) is 10.0. The first-order valence-electron chi connectivity index (χ1n) is 12.8. The Hall–Kier alpha value is -3.26. The van der Waals surface area contributed by atoms with Gasteiger partial charge in [0, 0.05) is 57.5 Å². The summed E-state index contributed by atoms with van der Waals surface area (Å²) in [5.41, 5.74) is 0.391. The lowest BCUT2D eigenvalue weighted by Gasteiger charge is -2.39. The maximum Gasteiger partial charge on any atom is 0.410 e. The number of carbonyl (C=O) groups is 3. The molecular formula is C29H38ClN3O5. The number of ether oxygens (including phenoxy) is 2. The van der Waals surface area contributed by atoms with Crippen molar-refractivity contribution >= 4 is 29.5 Å². The SMILES string of the molecule is CN(Cc1ccccc1)C(=O)C[C@H]1CN(C(=O)CN(C)C(=O)OC(C)(C)C)CC[C@@H]1Oc1cccc(Cl)c1. The van der Waals surface area contributed by atoms with E-state index in [0.717, 1.165) is 5.56 Å². The fourth-order valence-corrected chi connectivity index (χ4v) is 4.52. The van der Waals surface area contributed by atoms with Crippen LogP contribution >= 0.6 is 11.6 Å². The van der Waals surface area contributed by atoms with Crippen molar-refractivity contribution in [3.8, 4) is 5.75 Å². The Morgan fingerprint density at radius 1 is 1.03 bits per heavy atom. The Bertz CT molecular complexity index is 1100. The van der Waals surface area contributed by atoms with Crippen molar-refractivity contribution in [2.75, 3.05) is 33.7 Å². The number of amides is 3. The fourth-order valence-electron chi connectivity index (χ4n) is 4.34. The number of carbonyl (C=O) groups excluding carboxylic acids is 3. The molecule has 1 fully saturated rings. The van der Waals surface area contributed by atoms with Crippen LogP contribution in [0.3, 0.4) is 0 Å². The number of likely N-dealkylation sites (tertiary alicyclic amines) is 1. The number of rotatable bonds is 8. The highest BCUT2D eigenvalue weighted by Gasteiger charge is 2.35. The van der Waals surface area contributed by atoms with Crippen LogP contribution in [0.5, 0.6) is 5.75 Å². The molecule has 3 amide bonds. The Morgan fingerprint density at radius 2 is 1.74 bits per heavy atom. The van der Waals surface area contributed by atoms with Crippen molar-refractivity contribution in [1.29, 1.82) is 0 Å². The van der Waals surface area contributed by atoms with Crippen molar-refractivity contribution in [3.63, 3.8) is 0 Å². The van der Waals surface area contributed by atoms with E-state index in [4.69, 9.17) is 21.1 Å². The van der Waals surface area contributed by atoms with E-state index >= 15 is 0 Å². The number of nitrogens with zero attached hydrogens (tertiary/aromatic N) is 3. The molecule has 9 heteroatoms. The summed E-state index contributed by atoms with van der Waals surface area (Å²) < 4.78 is 11.6. The molecule has 1 heterocycles. The fraction of sp³-hybridized carbons (Fsp3) is 0.483. The lowest BCUT2D eigenvalue weighted by Crippen LogP contribution is -2.51. The second-order valence-corrected chi connectivity index (χ2v) is 11.2. The molecule has 0 aliphatic carbocycles. The predicted octanol–water partition coefficient (Wildman–Crippen LogP) is 4.85. The van der Waals surface area contributed by atoms with E-state index in [2.05, 4.69) is 0 Å². The van der Waals surface area contributed by atoms with Crippen LogP contribution in [0.15, 0.2) is 54.6 Å². The van der Waals surface area contributed by atoms with Gasteiger partial charge < -0.3 is 24.2 Å². The first kappa shape index (κ1) is 29.3. The maximum atomic E-state index is 13.2. The number of halogens is 1. The molecule has 206 valence electrons. The minimum Gasteiger partial charge on any atom is -0.490 e. The van der Waals surface area contributed by atoms with E-state index in [1.165, 1.54) is 4.90 Å². The van der Waals surface area contributed by atoms with Crippen molar-refractivity contribution < 1.29 is 23.9 Å². The molecule has 0 bridgehead atoms. The summed E-state index contributed by atoms with van der Waals surface area (Å²) in [6.45, 7) is 6.53. The minimum atomic E-state index is -0.651. The Balaban J connectivity index is 1.69. The van der Waals surface area contributed by atoms with Gasteiger partial charge in [-0.3, -0.25) is 9.59 Å². The number of piperidine rings is 1. The van der Waals surface area contributed by atoms with Crippen LogP contribution in [-0.2, 0) is 20.9 Å². The highest BCUT2D eigenvalue weighted by Crippen LogP contribution is 2.28. The molecule has 0 aromatic heterocycles. The zero-order valence-corrected chi connectivity index (χ0v) is 23.6. The zero-order chi connectivity index (χ0) is 27.9. The third-order valence-corrected chi connectivity index (χ3v) is 6.54. The second-order valence-electron chi connectivity index (χ2n) is 10.8. The highest BCUT2D eigenvalue weighted by molar-refractivity contribution is 6.30. The van der Waals surface area contributed by atoms with E-state index < -0.39 is 11.7 Å². The first-order chi connectivity index (χ1) is 17.9. The summed E-state index contributed by atoms with van der Waals surface area (Å²) in [5.74, 6) is 0.166. The van der Waals surface area contributed by atoms with Gasteiger partial charge in [0.15, 0.2) is 0 Å². The summed E-state index contributed by atoms with van der Waals surface area (Å²) in [7, 11) is 3.32. The summed E-state index contributed by atoms with van der Waals surface area (Å²) >= 11 is 6.14. The van der Waals surface area contributed by atoms with Gasteiger partial charge >= 0.3 is 6.09 Å². The summed E-state index contributed by atoms with van der Waals surface area (Å²) in [4.78, 5) is 43.4. The molecule has 0 saturated carbocycles. The normalized spacial score (nSPS) is 17.5. The van der Waals surface area contributed by atoms with Crippen molar-refractivity contribution in [3.05, 3.63) is 65.2 Å². The average Bonchev–Trinajstić information content (AvgIpc) is 2.84. The quantitative estimate of drug-likeness (QED) is 0.475. The molecule has 0 N–H and O–H groups in total. The van der Waals surface area contributed by atoms with Gasteiger partial charge in [0.25, 0.3) is 0 Å². The van der Waals surface area contributed by atoms with Gasteiger partial charge in [-0.25, -0.2) is 4.79 Å². The molecule has 0 radical (unpaired) electrons. The summed E-state index contributed by atoms with van der Waals surface area (Å²) in [5, 5.41) is 0.565. The molecule has 1 saturated heterocycles. The standard InChI is InChI=1S/C29H38ClN3O5/c1-29(2,3)38-28(36)32(5)20-27(35)33-15-14-25(37-24-13-9-12-23(30)17-24)22(19-33)16-26(34)31(4)18-21-10-7-6-8-11-21/h6-13,17,22,25H,14-16,18-20H2,1-5H3/t22-,25-/m0/s1. The van der Waals surface area contributed by atoms with Gasteiger partial charge in [-0.15, -0.1) is 0 Å². The van der Waals surface area contributed by atoms with Crippen LogP contribution in [0.4, 0.5) is 4.79 Å². The van der Waals surface area contributed by atoms with E-state index in [1.54, 1.807) is 56.8 Å². The molecule has 2 aromatic rings. The van der Waals surface area contributed by atoms with Crippen molar-refractivity contribution in [2.24, 2.45) is 5.92 Å². The van der Waals surface area contributed by atoms with Crippen LogP contribution < -0.4 is 4.74 Å². The average molecular weight is 544 g/mol. The van der Waals surface area contributed by atoms with Crippen LogP contribution in [0.25, 0.3) is 0 Å². The lowest BCUT2D eigenvalue weighted by atomic mass is 9.90. The highest BCUT2D eigenvalue weighted by atomic mass is 35.5. The zero-order valence-electron chi connectivity index (χ0n) is 22.9. The van der Waals surface area contributed by atoms with Crippen LogP contribution in [0.1, 0.15) is 39.2 Å². The molecule has 2 aromatic carbocycles. The largest absolute Gasteiger partial charge is 0.490 e. The van der Waals surface area contributed by atoms with E-state index in [1.807, 2.05) is 42.5 Å². The number of hydrogen-bond acceptors (Lipinski definition) is 5. The Morgan fingerprint density at radius 3 is 2.39 bits per heavy atom. The first-order valence-corrected chi connectivity index (χ1v) is 13.2. The van der Waals surface area contributed by atoms with Crippen LogP contribution in [-0.4, -0.2) is 78.0 Å². The van der Waals surface area contributed by atoms with Gasteiger partial charge in [0.1, 0.15) is 24.0 Å². The summed E-state index contributed by atoms with van der Waals surface area (Å²) in [6.07, 6.45) is -0.0517. The molecular weight excluding hydrogens is 506 g/mol. The smallest absolute Gasteiger partial charge is 0.410 e. The molecule has 1 aliphatic heterocycles. The topological polar surface area (TPSA) is 79.4 Å². The maximum absolute atomic E-state index is 13.2. The van der Waals surface area contributed by atoms with E-state index in [0.29, 0.717) is 36.8 Å². The van der Waals surface area contributed by atoms with Gasteiger partial charge in [-0.1, -0.05) is 48.0 Å². The monoisotopic (exact) mass is 543 g/mol. The van der Waals surface area contributed by atoms with Gasteiger partial charge in [0.2, 0.25) is 11.8 Å². The van der Waals surface area contributed by atoms with Gasteiger partial charge in [-0.05, 0) is 44.5 Å². The predicted molar refractivity (Wildman–Crippen MR) is 147 cm³/mol. The number of hydrogen-bond donors (Lipinski definition) is 0. The molecule has 2 atom stereocenters. The number of benzene rings is 2. The van der Waals surface area contributed by atoms with Crippen LogP contribution in [0.2, 0.25) is 5.02 Å². The van der Waals surface area contributed by atoms with E-state index in [-0.39, 0.29) is 36.8 Å². The molecule has 8 nitrogen and oxygen atoms in total. The lowest BCUT2D eigenvalue weighted by molar-refractivity contribution is -0.139.